The predicted molar refractivity (Wildman–Crippen MR) is 89.9 cm³/mol. The van der Waals surface area contributed by atoms with E-state index in [2.05, 4.69) is 40.4 Å². The van der Waals surface area contributed by atoms with E-state index in [1.54, 1.807) is 24.3 Å². The Morgan fingerprint density at radius 1 is 1.13 bits per heavy atom. The van der Waals surface area contributed by atoms with Crippen LogP contribution in [0.2, 0.25) is 0 Å². The van der Waals surface area contributed by atoms with E-state index in [1.165, 1.54) is 0 Å². The van der Waals surface area contributed by atoms with Crippen LogP contribution in [0.15, 0.2) is 28.7 Å². The molecule has 0 heterocycles. The van der Waals surface area contributed by atoms with Gasteiger partial charge in [-0.05, 0) is 36.6 Å². The Bertz CT molecular complexity index is 544. The minimum Gasteiger partial charge on any atom is -0.454 e. The maximum atomic E-state index is 11.8. The van der Waals surface area contributed by atoms with Crippen LogP contribution in [0.1, 0.15) is 30.6 Å². The van der Waals surface area contributed by atoms with Gasteiger partial charge in [-0.25, -0.2) is 0 Å². The Morgan fingerprint density at radius 3 is 2.39 bits per heavy atom. The van der Waals surface area contributed by atoms with E-state index < -0.39 is 5.97 Å². The number of rotatable bonds is 8. The SMILES string of the molecule is CC(C)CCNC(=O)COC(=O)CNC(=O)c1ccc(Br)cc1. The molecule has 0 aliphatic carbocycles. The fourth-order valence-corrected chi connectivity index (χ4v) is 1.87. The summed E-state index contributed by atoms with van der Waals surface area (Å²) in [4.78, 5) is 34.7. The average molecular weight is 385 g/mol. The largest absolute Gasteiger partial charge is 0.454 e. The molecule has 0 saturated heterocycles. The molecule has 0 unspecified atom stereocenters. The van der Waals surface area contributed by atoms with Gasteiger partial charge in [-0.3, -0.25) is 14.4 Å². The van der Waals surface area contributed by atoms with E-state index in [0.29, 0.717) is 18.0 Å². The van der Waals surface area contributed by atoms with Crippen molar-refractivity contribution in [2.75, 3.05) is 19.7 Å². The number of esters is 1. The Hall–Kier alpha value is -1.89. The zero-order chi connectivity index (χ0) is 17.2. The third-order valence-electron chi connectivity index (χ3n) is 2.91. The maximum absolute atomic E-state index is 11.8. The molecule has 1 rings (SSSR count). The fourth-order valence-electron chi connectivity index (χ4n) is 1.60. The summed E-state index contributed by atoms with van der Waals surface area (Å²) in [6.45, 7) is 4.04. The molecule has 7 heteroatoms. The van der Waals surface area contributed by atoms with Gasteiger partial charge in [-0.2, -0.15) is 0 Å². The minimum absolute atomic E-state index is 0.284. The van der Waals surface area contributed by atoms with Crippen LogP contribution in [-0.2, 0) is 14.3 Å². The lowest BCUT2D eigenvalue weighted by molar-refractivity contribution is -0.147. The number of hydrogen-bond donors (Lipinski definition) is 2. The fraction of sp³-hybridized carbons (Fsp3) is 0.438. The second kappa shape index (κ2) is 9.99. The number of ether oxygens (including phenoxy) is 1. The molecule has 2 amide bonds. The number of carbonyl (C=O) groups excluding carboxylic acids is 3. The van der Waals surface area contributed by atoms with Crippen molar-refractivity contribution in [3.05, 3.63) is 34.3 Å². The highest BCUT2D eigenvalue weighted by molar-refractivity contribution is 9.10. The summed E-state index contributed by atoms with van der Waals surface area (Å²) >= 11 is 3.27. The Kier molecular flexibility index (Phi) is 8.32. The smallest absolute Gasteiger partial charge is 0.325 e. The van der Waals surface area contributed by atoms with Gasteiger partial charge in [0.15, 0.2) is 6.61 Å². The molecule has 0 saturated carbocycles. The molecule has 23 heavy (non-hydrogen) atoms. The number of nitrogens with one attached hydrogen (secondary N) is 2. The van der Waals surface area contributed by atoms with Crippen LogP contribution in [0.3, 0.4) is 0 Å². The first-order valence-electron chi connectivity index (χ1n) is 7.34. The van der Waals surface area contributed by atoms with Crippen molar-refractivity contribution in [2.24, 2.45) is 5.92 Å². The lowest BCUT2D eigenvalue weighted by Gasteiger charge is -2.08. The Labute approximate surface area is 144 Å². The summed E-state index contributed by atoms with van der Waals surface area (Å²) in [5.41, 5.74) is 0.437. The van der Waals surface area contributed by atoms with Gasteiger partial charge in [-0.1, -0.05) is 29.8 Å². The molecule has 0 aromatic heterocycles. The molecule has 0 fully saturated rings. The van der Waals surface area contributed by atoms with Gasteiger partial charge >= 0.3 is 5.97 Å². The predicted octanol–water partition coefficient (Wildman–Crippen LogP) is 1.88. The third-order valence-corrected chi connectivity index (χ3v) is 3.44. The first kappa shape index (κ1) is 19.2. The third kappa shape index (κ3) is 8.35. The van der Waals surface area contributed by atoms with Crippen molar-refractivity contribution in [2.45, 2.75) is 20.3 Å². The quantitative estimate of drug-likeness (QED) is 0.670. The molecule has 0 spiro atoms. The molecule has 1 aromatic carbocycles. The molecule has 0 atom stereocenters. The van der Waals surface area contributed by atoms with Gasteiger partial charge in [0.1, 0.15) is 6.54 Å². The van der Waals surface area contributed by atoms with Crippen LogP contribution in [0.25, 0.3) is 0 Å². The Balaban J connectivity index is 2.22. The van der Waals surface area contributed by atoms with Crippen LogP contribution >= 0.6 is 15.9 Å². The summed E-state index contributed by atoms with van der Waals surface area (Å²) in [5, 5.41) is 5.10. The molecule has 0 aliphatic rings. The summed E-state index contributed by atoms with van der Waals surface area (Å²) in [6, 6.07) is 6.73. The summed E-state index contributed by atoms with van der Waals surface area (Å²) < 4.78 is 5.65. The lowest BCUT2D eigenvalue weighted by Crippen LogP contribution is -2.34. The molecular formula is C16H21BrN2O4. The van der Waals surface area contributed by atoms with Crippen molar-refractivity contribution >= 4 is 33.7 Å². The van der Waals surface area contributed by atoms with Crippen molar-refractivity contribution in [1.29, 1.82) is 0 Å². The van der Waals surface area contributed by atoms with E-state index in [0.717, 1.165) is 10.9 Å². The first-order valence-corrected chi connectivity index (χ1v) is 8.14. The molecule has 126 valence electrons. The first-order chi connectivity index (χ1) is 10.9. The highest BCUT2D eigenvalue weighted by Crippen LogP contribution is 2.10. The van der Waals surface area contributed by atoms with Gasteiger partial charge in [0.05, 0.1) is 0 Å². The molecule has 0 bridgehead atoms. The van der Waals surface area contributed by atoms with Gasteiger partial charge in [0, 0.05) is 16.6 Å². The molecule has 6 nitrogen and oxygen atoms in total. The standard InChI is InChI=1S/C16H21BrN2O4/c1-11(2)7-8-18-14(20)10-23-15(21)9-19-16(22)12-3-5-13(17)6-4-12/h3-6,11H,7-10H2,1-2H3,(H,18,20)(H,19,22). The van der Waals surface area contributed by atoms with Gasteiger partial charge < -0.3 is 15.4 Å². The molecule has 1 aromatic rings. The zero-order valence-corrected chi connectivity index (χ0v) is 14.8. The molecule has 2 N–H and O–H groups in total. The Morgan fingerprint density at radius 2 is 1.78 bits per heavy atom. The van der Waals surface area contributed by atoms with Gasteiger partial charge in [-0.15, -0.1) is 0 Å². The summed E-state index contributed by atoms with van der Waals surface area (Å²) in [7, 11) is 0. The lowest BCUT2D eigenvalue weighted by atomic mass is 10.1. The van der Waals surface area contributed by atoms with Crippen LogP contribution in [-0.4, -0.2) is 37.5 Å². The summed E-state index contributed by atoms with van der Waals surface area (Å²) in [6.07, 6.45) is 0.864. The van der Waals surface area contributed by atoms with Crippen molar-refractivity contribution in [3.8, 4) is 0 Å². The van der Waals surface area contributed by atoms with Crippen LogP contribution in [0, 0.1) is 5.92 Å². The van der Waals surface area contributed by atoms with E-state index in [1.807, 2.05) is 0 Å². The van der Waals surface area contributed by atoms with E-state index in [-0.39, 0.29) is 25.0 Å². The highest BCUT2D eigenvalue weighted by Gasteiger charge is 2.10. The van der Waals surface area contributed by atoms with Crippen molar-refractivity contribution in [1.82, 2.24) is 10.6 Å². The number of halogens is 1. The zero-order valence-electron chi connectivity index (χ0n) is 13.2. The second-order valence-electron chi connectivity index (χ2n) is 5.38. The highest BCUT2D eigenvalue weighted by atomic mass is 79.9. The number of carbonyl (C=O) groups is 3. The molecule has 0 aliphatic heterocycles. The summed E-state index contributed by atoms with van der Waals surface area (Å²) in [5.74, 6) is -0.893. The van der Waals surface area contributed by atoms with Gasteiger partial charge in [0.2, 0.25) is 0 Å². The maximum Gasteiger partial charge on any atom is 0.325 e. The number of benzene rings is 1. The van der Waals surface area contributed by atoms with Crippen LogP contribution in [0.5, 0.6) is 0 Å². The minimum atomic E-state index is -0.658. The molecular weight excluding hydrogens is 364 g/mol. The van der Waals surface area contributed by atoms with E-state index in [9.17, 15) is 14.4 Å². The van der Waals surface area contributed by atoms with E-state index >= 15 is 0 Å². The van der Waals surface area contributed by atoms with Crippen LogP contribution in [0.4, 0.5) is 0 Å². The monoisotopic (exact) mass is 384 g/mol. The van der Waals surface area contributed by atoms with Crippen LogP contribution < -0.4 is 10.6 Å². The second-order valence-corrected chi connectivity index (χ2v) is 6.30. The molecule has 0 radical (unpaired) electrons. The average Bonchev–Trinajstić information content (AvgIpc) is 2.51. The van der Waals surface area contributed by atoms with Gasteiger partial charge in [0.25, 0.3) is 11.8 Å². The van der Waals surface area contributed by atoms with Crippen molar-refractivity contribution in [3.63, 3.8) is 0 Å². The van der Waals surface area contributed by atoms with Crippen molar-refractivity contribution < 1.29 is 19.1 Å². The van der Waals surface area contributed by atoms with E-state index in [4.69, 9.17) is 4.74 Å². The number of amides is 2. The number of hydrogen-bond acceptors (Lipinski definition) is 4. The normalized spacial score (nSPS) is 10.3. The topological polar surface area (TPSA) is 84.5 Å².